The van der Waals surface area contributed by atoms with Gasteiger partial charge >= 0.3 is 0 Å². The Kier molecular flexibility index (Phi) is 7.50. The summed E-state index contributed by atoms with van der Waals surface area (Å²) in [5.41, 5.74) is 0.185. The number of hydrogen-bond acceptors (Lipinski definition) is 4. The molecule has 3 aliphatic heterocycles. The Labute approximate surface area is 181 Å². The van der Waals surface area contributed by atoms with E-state index in [0.717, 1.165) is 76.8 Å². The lowest BCUT2D eigenvalue weighted by atomic mass is 9.88. The van der Waals surface area contributed by atoms with Gasteiger partial charge in [0.1, 0.15) is 11.9 Å². The number of likely N-dealkylation sites (tertiary alicyclic amines) is 2. The van der Waals surface area contributed by atoms with Crippen molar-refractivity contribution in [2.45, 2.75) is 57.1 Å². The average Bonchev–Trinajstić information content (AvgIpc) is 3.34. The number of aliphatic imine (C=N–C) groups is 1. The van der Waals surface area contributed by atoms with Crippen LogP contribution in [0.1, 0.15) is 45.4 Å². The number of benzene rings is 1. The van der Waals surface area contributed by atoms with Crippen LogP contribution < -0.4 is 10.1 Å². The first-order valence-electron chi connectivity index (χ1n) is 11.9. The van der Waals surface area contributed by atoms with Crippen LogP contribution in [0, 0.1) is 0 Å². The minimum atomic E-state index is 0.185. The monoisotopic (exact) mass is 414 g/mol. The molecule has 3 fully saturated rings. The van der Waals surface area contributed by atoms with Crippen molar-refractivity contribution >= 4 is 5.96 Å². The molecular weight excluding hydrogens is 376 g/mol. The van der Waals surface area contributed by atoms with Gasteiger partial charge in [0.15, 0.2) is 5.96 Å². The van der Waals surface area contributed by atoms with E-state index >= 15 is 0 Å². The lowest BCUT2D eigenvalue weighted by Gasteiger charge is -2.44. The Morgan fingerprint density at radius 1 is 1.10 bits per heavy atom. The zero-order valence-corrected chi connectivity index (χ0v) is 18.5. The molecule has 0 aliphatic carbocycles. The summed E-state index contributed by atoms with van der Waals surface area (Å²) in [5, 5.41) is 3.55. The Bertz CT molecular complexity index is 661. The summed E-state index contributed by atoms with van der Waals surface area (Å²) in [7, 11) is 0. The summed E-state index contributed by atoms with van der Waals surface area (Å²) >= 11 is 0. The topological polar surface area (TPSA) is 49.3 Å². The first kappa shape index (κ1) is 21.4. The molecule has 0 radical (unpaired) electrons. The van der Waals surface area contributed by atoms with E-state index in [9.17, 15) is 0 Å². The van der Waals surface area contributed by atoms with Gasteiger partial charge in [-0.05, 0) is 57.8 Å². The minimum Gasteiger partial charge on any atom is -0.490 e. The van der Waals surface area contributed by atoms with Gasteiger partial charge < -0.3 is 19.7 Å². The Hall–Kier alpha value is -1.79. The Morgan fingerprint density at radius 3 is 2.47 bits per heavy atom. The standard InChI is InChI=1S/C24H38N4O2/c1-2-25-23(26-20-24(12-18-29-19-13-24)28-14-6-7-15-28)27-16-10-22(11-17-27)30-21-8-4-3-5-9-21/h3-5,8-9,22H,2,6-7,10-20H2,1H3,(H,25,26). The molecule has 166 valence electrons. The summed E-state index contributed by atoms with van der Waals surface area (Å²) in [4.78, 5) is 10.3. The molecule has 3 heterocycles. The van der Waals surface area contributed by atoms with Crippen molar-refractivity contribution in [3.63, 3.8) is 0 Å². The molecule has 0 atom stereocenters. The molecule has 0 amide bonds. The summed E-state index contributed by atoms with van der Waals surface area (Å²) < 4.78 is 11.9. The van der Waals surface area contributed by atoms with Crippen molar-refractivity contribution in [1.29, 1.82) is 0 Å². The molecule has 6 nitrogen and oxygen atoms in total. The fraction of sp³-hybridized carbons (Fsp3) is 0.708. The van der Waals surface area contributed by atoms with E-state index in [1.54, 1.807) is 0 Å². The fourth-order valence-electron chi connectivity index (χ4n) is 5.04. The van der Waals surface area contributed by atoms with Gasteiger partial charge in [0.25, 0.3) is 0 Å². The number of piperidine rings is 1. The van der Waals surface area contributed by atoms with E-state index in [4.69, 9.17) is 14.5 Å². The van der Waals surface area contributed by atoms with Gasteiger partial charge in [0.05, 0.1) is 6.54 Å². The second-order valence-electron chi connectivity index (χ2n) is 8.82. The van der Waals surface area contributed by atoms with Crippen molar-refractivity contribution in [2.75, 3.05) is 52.5 Å². The molecule has 3 aliphatic rings. The van der Waals surface area contributed by atoms with Crippen LogP contribution in [0.15, 0.2) is 35.3 Å². The zero-order chi connectivity index (χ0) is 20.7. The normalized spacial score (nSPS) is 23.5. The maximum Gasteiger partial charge on any atom is 0.193 e. The highest BCUT2D eigenvalue weighted by Crippen LogP contribution is 2.32. The summed E-state index contributed by atoms with van der Waals surface area (Å²) in [5.74, 6) is 2.05. The number of ether oxygens (including phenoxy) is 2. The van der Waals surface area contributed by atoms with E-state index in [1.807, 2.05) is 30.3 Å². The molecule has 0 bridgehead atoms. The van der Waals surface area contributed by atoms with Crippen LogP contribution in [0.4, 0.5) is 0 Å². The van der Waals surface area contributed by atoms with Crippen LogP contribution in [0.5, 0.6) is 5.75 Å². The van der Waals surface area contributed by atoms with Gasteiger partial charge in [-0.3, -0.25) is 9.89 Å². The molecule has 30 heavy (non-hydrogen) atoms. The number of nitrogens with one attached hydrogen (secondary N) is 1. The van der Waals surface area contributed by atoms with Gasteiger partial charge in [-0.15, -0.1) is 0 Å². The molecule has 6 heteroatoms. The van der Waals surface area contributed by atoms with Crippen LogP contribution >= 0.6 is 0 Å². The van der Waals surface area contributed by atoms with Crippen molar-refractivity contribution in [2.24, 2.45) is 4.99 Å². The Morgan fingerprint density at radius 2 is 1.80 bits per heavy atom. The molecule has 1 aromatic carbocycles. The largest absolute Gasteiger partial charge is 0.490 e. The SMILES string of the molecule is CCNC(=NCC1(N2CCCC2)CCOCC1)N1CCC(Oc2ccccc2)CC1. The van der Waals surface area contributed by atoms with Crippen molar-refractivity contribution < 1.29 is 9.47 Å². The van der Waals surface area contributed by atoms with Crippen molar-refractivity contribution in [3.8, 4) is 5.75 Å². The number of hydrogen-bond donors (Lipinski definition) is 1. The Balaban J connectivity index is 1.37. The van der Waals surface area contributed by atoms with Crippen LogP contribution in [-0.4, -0.2) is 79.9 Å². The molecule has 1 aromatic rings. The highest BCUT2D eigenvalue weighted by atomic mass is 16.5. The molecule has 1 N–H and O–H groups in total. The van der Waals surface area contributed by atoms with E-state index in [-0.39, 0.29) is 11.6 Å². The second kappa shape index (κ2) is 10.5. The van der Waals surface area contributed by atoms with Crippen LogP contribution in [0.25, 0.3) is 0 Å². The van der Waals surface area contributed by atoms with Gasteiger partial charge in [-0.1, -0.05) is 18.2 Å². The first-order chi connectivity index (χ1) is 14.8. The predicted molar refractivity (Wildman–Crippen MR) is 121 cm³/mol. The third-order valence-electron chi connectivity index (χ3n) is 6.85. The zero-order valence-electron chi connectivity index (χ0n) is 18.5. The number of rotatable bonds is 6. The molecule has 3 saturated heterocycles. The molecule has 0 saturated carbocycles. The quantitative estimate of drug-likeness (QED) is 0.572. The van der Waals surface area contributed by atoms with Crippen LogP contribution in [-0.2, 0) is 4.74 Å². The number of guanidine groups is 1. The van der Waals surface area contributed by atoms with Crippen LogP contribution in [0.2, 0.25) is 0 Å². The highest BCUT2D eigenvalue weighted by molar-refractivity contribution is 5.80. The molecular formula is C24H38N4O2. The maximum atomic E-state index is 6.17. The summed E-state index contributed by atoms with van der Waals surface area (Å²) in [6.07, 6.45) is 7.20. The second-order valence-corrected chi connectivity index (χ2v) is 8.82. The molecule has 0 unspecified atom stereocenters. The number of para-hydroxylation sites is 1. The summed E-state index contributed by atoms with van der Waals surface area (Å²) in [6.45, 7) is 10.1. The van der Waals surface area contributed by atoms with E-state index in [0.29, 0.717) is 0 Å². The maximum absolute atomic E-state index is 6.17. The van der Waals surface area contributed by atoms with Gasteiger partial charge in [-0.2, -0.15) is 0 Å². The van der Waals surface area contributed by atoms with E-state index < -0.39 is 0 Å². The van der Waals surface area contributed by atoms with Gasteiger partial charge in [0.2, 0.25) is 0 Å². The van der Waals surface area contributed by atoms with Gasteiger partial charge in [0, 0.05) is 51.2 Å². The lowest BCUT2D eigenvalue weighted by molar-refractivity contribution is -0.0140. The van der Waals surface area contributed by atoms with Crippen molar-refractivity contribution in [1.82, 2.24) is 15.1 Å². The third kappa shape index (κ3) is 5.27. The molecule has 0 aromatic heterocycles. The third-order valence-corrected chi connectivity index (χ3v) is 6.85. The van der Waals surface area contributed by atoms with Gasteiger partial charge in [-0.25, -0.2) is 0 Å². The predicted octanol–water partition coefficient (Wildman–Crippen LogP) is 3.14. The lowest BCUT2D eigenvalue weighted by Crippen LogP contribution is -2.54. The number of nitrogens with zero attached hydrogens (tertiary/aromatic N) is 3. The highest BCUT2D eigenvalue weighted by Gasteiger charge is 2.39. The van der Waals surface area contributed by atoms with Crippen molar-refractivity contribution in [3.05, 3.63) is 30.3 Å². The van der Waals surface area contributed by atoms with E-state index in [1.165, 1.54) is 25.9 Å². The molecule has 0 spiro atoms. The first-order valence-corrected chi connectivity index (χ1v) is 11.9. The smallest absolute Gasteiger partial charge is 0.193 e. The minimum absolute atomic E-state index is 0.185. The summed E-state index contributed by atoms with van der Waals surface area (Å²) in [6, 6.07) is 10.2. The van der Waals surface area contributed by atoms with Crippen LogP contribution in [0.3, 0.4) is 0 Å². The van der Waals surface area contributed by atoms with E-state index in [2.05, 4.69) is 22.0 Å². The molecule has 4 rings (SSSR count). The fourth-order valence-corrected chi connectivity index (χ4v) is 5.04. The average molecular weight is 415 g/mol.